The van der Waals surface area contributed by atoms with Gasteiger partial charge in [0.15, 0.2) is 0 Å². The molecule has 7 heteroatoms. The van der Waals surface area contributed by atoms with Gasteiger partial charge >= 0.3 is 5.97 Å². The Hall–Kier alpha value is -3.44. The lowest BCUT2D eigenvalue weighted by Crippen LogP contribution is -2.11. The summed E-state index contributed by atoms with van der Waals surface area (Å²) in [6, 6.07) is 20.8. The summed E-state index contributed by atoms with van der Waals surface area (Å²) in [5, 5.41) is 10.7. The molecule has 5 rings (SSSR count). The van der Waals surface area contributed by atoms with Crippen LogP contribution in [-0.4, -0.2) is 37.4 Å². The Labute approximate surface area is 245 Å². The van der Waals surface area contributed by atoms with E-state index >= 15 is 0 Å². The van der Waals surface area contributed by atoms with Crippen molar-refractivity contribution < 1.29 is 14.6 Å². The Kier molecular flexibility index (Phi) is 8.94. The van der Waals surface area contributed by atoms with Crippen molar-refractivity contribution >= 4 is 32.0 Å². The largest absolute Gasteiger partial charge is 0.491 e. The third-order valence-electron chi connectivity index (χ3n) is 8.80. The molecular formula is C34H42B2N2O3. The number of fused-ring (bicyclic) bond motifs is 2. The molecule has 3 atom stereocenters. The van der Waals surface area contributed by atoms with Crippen LogP contribution in [0.25, 0.3) is 22.0 Å². The zero-order valence-corrected chi connectivity index (χ0v) is 24.9. The fraction of sp³-hybridized carbons (Fsp3) is 0.382. The van der Waals surface area contributed by atoms with E-state index in [0.29, 0.717) is 24.6 Å². The van der Waals surface area contributed by atoms with Crippen LogP contribution < -0.4 is 10.5 Å². The van der Waals surface area contributed by atoms with E-state index in [1.165, 1.54) is 43.0 Å². The minimum absolute atomic E-state index is 0.0936. The molecule has 0 radical (unpaired) electrons. The zero-order valence-electron chi connectivity index (χ0n) is 24.9. The quantitative estimate of drug-likeness (QED) is 0.199. The van der Waals surface area contributed by atoms with E-state index in [0.717, 1.165) is 45.9 Å². The molecule has 0 spiro atoms. The van der Waals surface area contributed by atoms with Crippen molar-refractivity contribution in [3.8, 4) is 16.9 Å². The first kappa shape index (κ1) is 29.1. The van der Waals surface area contributed by atoms with E-state index in [2.05, 4.69) is 63.5 Å². The van der Waals surface area contributed by atoms with E-state index in [9.17, 15) is 9.90 Å². The lowest BCUT2D eigenvalue weighted by molar-refractivity contribution is 0.0698. The Balaban J connectivity index is 1.45. The van der Waals surface area contributed by atoms with Gasteiger partial charge in [-0.1, -0.05) is 82.0 Å². The molecule has 0 bridgehead atoms. The van der Waals surface area contributed by atoms with Crippen LogP contribution in [0.15, 0.2) is 66.9 Å². The van der Waals surface area contributed by atoms with Gasteiger partial charge in [-0.3, -0.25) is 0 Å². The van der Waals surface area contributed by atoms with Gasteiger partial charge in [-0.2, -0.15) is 0 Å². The molecule has 1 aliphatic rings. The number of hydrogen-bond acceptors (Lipinski definition) is 3. The molecule has 5 nitrogen and oxygen atoms in total. The SMILES string of the molecule is BCC(BCC(C)c1cc(CCn2ccc3cccc(C(=O)O)c32)cc(-c2ccc3c(c2)C(N)CO3)c1)CC(C)C. The molecule has 1 aliphatic heterocycles. The maximum absolute atomic E-state index is 11.9. The van der Waals surface area contributed by atoms with E-state index in [1.807, 2.05) is 30.5 Å². The van der Waals surface area contributed by atoms with Crippen LogP contribution in [0.4, 0.5) is 0 Å². The molecule has 1 aromatic heterocycles. The van der Waals surface area contributed by atoms with Gasteiger partial charge in [0.1, 0.15) is 27.5 Å². The van der Waals surface area contributed by atoms with Crippen molar-refractivity contribution in [1.29, 1.82) is 0 Å². The average molecular weight is 548 g/mol. The highest BCUT2D eigenvalue weighted by atomic mass is 16.5. The molecule has 3 unspecified atom stereocenters. The summed E-state index contributed by atoms with van der Waals surface area (Å²) in [6.45, 7) is 8.24. The number of nitrogens with zero attached hydrogens (tertiary/aromatic N) is 1. The zero-order chi connectivity index (χ0) is 29.1. The molecule has 0 saturated carbocycles. The van der Waals surface area contributed by atoms with Crippen molar-refractivity contribution in [3.63, 3.8) is 0 Å². The van der Waals surface area contributed by atoms with Gasteiger partial charge in [0.2, 0.25) is 0 Å². The highest BCUT2D eigenvalue weighted by molar-refractivity contribution is 6.39. The first-order chi connectivity index (χ1) is 19.7. The fourth-order valence-electron chi connectivity index (χ4n) is 6.41. The Morgan fingerprint density at radius 1 is 1.12 bits per heavy atom. The standard InChI is InChI=1S/C34H42B2N2O3/c1-21(2)13-28(18-35)36-19-22(3)26-14-23(9-11-38-12-10-24-5-4-6-29(33(24)38)34(39)40)15-27(16-26)25-7-8-32-30(17-25)31(37)20-41-32/h4-8,10,12,14-17,21-22,28,31,36H,9,11,13,18-20,35,37H2,1-3H3,(H,39,40). The number of ether oxygens (including phenoxy) is 1. The highest BCUT2D eigenvalue weighted by Crippen LogP contribution is 2.36. The van der Waals surface area contributed by atoms with Gasteiger partial charge in [-0.15, -0.1) is 0 Å². The lowest BCUT2D eigenvalue weighted by Gasteiger charge is -2.20. The molecule has 41 heavy (non-hydrogen) atoms. The summed E-state index contributed by atoms with van der Waals surface area (Å²) < 4.78 is 7.83. The maximum Gasteiger partial charge on any atom is 0.337 e. The predicted molar refractivity (Wildman–Crippen MR) is 174 cm³/mol. The number of para-hydroxylation sites is 1. The van der Waals surface area contributed by atoms with E-state index in [4.69, 9.17) is 10.5 Å². The lowest BCUT2D eigenvalue weighted by atomic mass is 9.53. The first-order valence-corrected chi connectivity index (χ1v) is 15.2. The van der Waals surface area contributed by atoms with Crippen LogP contribution >= 0.6 is 0 Å². The summed E-state index contributed by atoms with van der Waals surface area (Å²) in [5.74, 6) is 1.93. The number of carboxylic acid groups (broad SMARTS) is 1. The van der Waals surface area contributed by atoms with Gasteiger partial charge in [-0.05, 0) is 64.8 Å². The van der Waals surface area contributed by atoms with Crippen LogP contribution in [0, 0.1) is 5.92 Å². The smallest absolute Gasteiger partial charge is 0.337 e. The number of benzene rings is 3. The Bertz CT molecular complexity index is 1530. The normalized spacial score (nSPS) is 16.0. The number of aryl methyl sites for hydroxylation is 2. The van der Waals surface area contributed by atoms with Crippen molar-refractivity contribution in [1.82, 2.24) is 4.57 Å². The predicted octanol–water partition coefficient (Wildman–Crippen LogP) is 6.49. The van der Waals surface area contributed by atoms with Gasteiger partial charge in [0.05, 0.1) is 17.1 Å². The summed E-state index contributed by atoms with van der Waals surface area (Å²) in [6.07, 6.45) is 6.50. The molecule has 3 aromatic carbocycles. The minimum Gasteiger partial charge on any atom is -0.491 e. The average Bonchev–Trinajstić information content (AvgIpc) is 3.56. The third-order valence-corrected chi connectivity index (χ3v) is 8.80. The summed E-state index contributed by atoms with van der Waals surface area (Å²) >= 11 is 0. The highest BCUT2D eigenvalue weighted by Gasteiger charge is 2.22. The van der Waals surface area contributed by atoms with Gasteiger partial charge in [0.25, 0.3) is 0 Å². The molecule has 4 aromatic rings. The molecule has 212 valence electrons. The van der Waals surface area contributed by atoms with Gasteiger partial charge in [0, 0.05) is 23.7 Å². The number of carboxylic acids is 1. The van der Waals surface area contributed by atoms with Crippen LogP contribution in [0.3, 0.4) is 0 Å². The number of nitrogens with two attached hydrogens (primary N) is 1. The maximum atomic E-state index is 11.9. The molecule has 0 saturated heterocycles. The molecule has 0 aliphatic carbocycles. The van der Waals surface area contributed by atoms with E-state index < -0.39 is 5.97 Å². The Morgan fingerprint density at radius 3 is 2.71 bits per heavy atom. The third kappa shape index (κ3) is 6.56. The van der Waals surface area contributed by atoms with Crippen molar-refractivity contribution in [3.05, 3.63) is 89.1 Å². The number of hydrogen-bond donors (Lipinski definition) is 2. The van der Waals surface area contributed by atoms with Crippen molar-refractivity contribution in [2.75, 3.05) is 6.61 Å². The molecule has 2 heterocycles. The van der Waals surface area contributed by atoms with Crippen molar-refractivity contribution in [2.24, 2.45) is 11.7 Å². The minimum atomic E-state index is -0.893. The summed E-state index contributed by atoms with van der Waals surface area (Å²) in [5.41, 5.74) is 13.5. The van der Waals surface area contributed by atoms with Gasteiger partial charge in [-0.25, -0.2) is 4.79 Å². The second-order valence-electron chi connectivity index (χ2n) is 12.3. The van der Waals surface area contributed by atoms with Crippen molar-refractivity contribution in [2.45, 2.75) is 70.6 Å². The van der Waals surface area contributed by atoms with Crippen LogP contribution in [0.2, 0.25) is 18.5 Å². The number of carbonyl (C=O) groups is 1. The van der Waals surface area contributed by atoms with Crippen LogP contribution in [-0.2, 0) is 13.0 Å². The summed E-state index contributed by atoms with van der Waals surface area (Å²) in [4.78, 5) is 11.9. The monoisotopic (exact) mass is 548 g/mol. The van der Waals surface area contributed by atoms with E-state index in [-0.39, 0.29) is 6.04 Å². The molecule has 0 amide bonds. The molecule has 0 fully saturated rings. The Morgan fingerprint density at radius 2 is 1.95 bits per heavy atom. The van der Waals surface area contributed by atoms with Crippen LogP contribution in [0.1, 0.15) is 66.2 Å². The topological polar surface area (TPSA) is 77.5 Å². The number of aromatic nitrogens is 1. The second kappa shape index (κ2) is 12.6. The van der Waals surface area contributed by atoms with Crippen LogP contribution in [0.5, 0.6) is 5.75 Å². The van der Waals surface area contributed by atoms with E-state index in [1.54, 1.807) is 6.07 Å². The number of aromatic carboxylic acids is 1. The summed E-state index contributed by atoms with van der Waals surface area (Å²) in [7, 11) is 3.56. The van der Waals surface area contributed by atoms with Gasteiger partial charge < -0.3 is 20.1 Å². The second-order valence-corrected chi connectivity index (χ2v) is 12.3. The fourth-order valence-corrected chi connectivity index (χ4v) is 6.41. The first-order valence-electron chi connectivity index (χ1n) is 15.2. The number of rotatable bonds is 12. The molecular weight excluding hydrogens is 506 g/mol. The molecule has 3 N–H and O–H groups in total.